The Morgan fingerprint density at radius 3 is 2.47 bits per heavy atom. The van der Waals surface area contributed by atoms with E-state index in [0.29, 0.717) is 21.2 Å². The predicted octanol–water partition coefficient (Wildman–Crippen LogP) is 2.90. The number of halogens is 2. The zero-order valence-electron chi connectivity index (χ0n) is 8.35. The Morgan fingerprint density at radius 1 is 1.12 bits per heavy atom. The molecular formula is C10H7Cl2NO3S. The van der Waals surface area contributed by atoms with Crippen LogP contribution in [0.5, 0.6) is 0 Å². The van der Waals surface area contributed by atoms with Crippen molar-refractivity contribution < 1.29 is 12.8 Å². The molecular weight excluding hydrogens is 285 g/mol. The second-order valence-electron chi connectivity index (χ2n) is 3.29. The van der Waals surface area contributed by atoms with E-state index in [0.717, 1.165) is 0 Å². The number of rotatable bonds is 2. The van der Waals surface area contributed by atoms with Crippen LogP contribution in [0.4, 0.5) is 0 Å². The molecule has 7 heteroatoms. The molecule has 2 rings (SSSR count). The van der Waals surface area contributed by atoms with Crippen LogP contribution in [0.1, 0.15) is 0 Å². The fourth-order valence-electron chi connectivity index (χ4n) is 1.42. The second kappa shape index (κ2) is 4.34. The van der Waals surface area contributed by atoms with Crippen LogP contribution < -0.4 is 5.14 Å². The Bertz CT molecular complexity index is 664. The summed E-state index contributed by atoms with van der Waals surface area (Å²) in [6, 6.07) is 6.18. The molecule has 0 aliphatic rings. The number of furan rings is 1. The molecule has 0 fully saturated rings. The smallest absolute Gasteiger partial charge is 0.272 e. The third kappa shape index (κ3) is 2.47. The fourth-order valence-corrected chi connectivity index (χ4v) is 2.48. The Labute approximate surface area is 108 Å². The van der Waals surface area contributed by atoms with E-state index >= 15 is 0 Å². The van der Waals surface area contributed by atoms with Gasteiger partial charge in [-0.1, -0.05) is 23.2 Å². The standard InChI is InChI=1S/C10H7Cl2NO3S/c11-6-1-2-9(12)8(5-6)7-3-4-16-10(7)17(13,14)15/h1-5H,(H2,13,14,15). The van der Waals surface area contributed by atoms with Crippen molar-refractivity contribution in [1.29, 1.82) is 0 Å². The van der Waals surface area contributed by atoms with Crippen LogP contribution in [-0.2, 0) is 10.0 Å². The maximum atomic E-state index is 11.3. The number of benzene rings is 1. The highest BCUT2D eigenvalue weighted by Crippen LogP contribution is 2.34. The van der Waals surface area contributed by atoms with Crippen molar-refractivity contribution in [3.8, 4) is 11.1 Å². The van der Waals surface area contributed by atoms with Crippen molar-refractivity contribution in [3.05, 3.63) is 40.6 Å². The Hall–Kier alpha value is -1.01. The zero-order valence-corrected chi connectivity index (χ0v) is 10.7. The summed E-state index contributed by atoms with van der Waals surface area (Å²) < 4.78 is 27.4. The van der Waals surface area contributed by atoms with Gasteiger partial charge in [0.2, 0.25) is 5.09 Å². The summed E-state index contributed by atoms with van der Waals surface area (Å²) in [5.41, 5.74) is 0.747. The number of hydrogen-bond donors (Lipinski definition) is 1. The summed E-state index contributed by atoms with van der Waals surface area (Å²) >= 11 is 11.8. The molecule has 0 aliphatic heterocycles. The molecule has 0 aliphatic carbocycles. The summed E-state index contributed by atoms with van der Waals surface area (Å²) in [6.45, 7) is 0. The van der Waals surface area contributed by atoms with E-state index in [-0.39, 0.29) is 5.09 Å². The highest BCUT2D eigenvalue weighted by Gasteiger charge is 2.20. The van der Waals surface area contributed by atoms with E-state index in [9.17, 15) is 8.42 Å². The van der Waals surface area contributed by atoms with Crippen LogP contribution in [0.2, 0.25) is 10.0 Å². The summed E-state index contributed by atoms with van der Waals surface area (Å²) in [7, 11) is -3.94. The van der Waals surface area contributed by atoms with Gasteiger partial charge in [0.25, 0.3) is 10.0 Å². The van der Waals surface area contributed by atoms with E-state index < -0.39 is 10.0 Å². The number of sulfonamides is 1. The van der Waals surface area contributed by atoms with Crippen molar-refractivity contribution in [2.24, 2.45) is 5.14 Å². The van der Waals surface area contributed by atoms with Gasteiger partial charge in [-0.05, 0) is 24.3 Å². The number of hydrogen-bond acceptors (Lipinski definition) is 3. The molecule has 0 radical (unpaired) electrons. The zero-order chi connectivity index (χ0) is 12.6. The van der Waals surface area contributed by atoms with Gasteiger partial charge in [-0.25, -0.2) is 13.6 Å². The lowest BCUT2D eigenvalue weighted by Crippen LogP contribution is -2.12. The molecule has 1 aromatic heterocycles. The molecule has 0 saturated carbocycles. The van der Waals surface area contributed by atoms with Crippen molar-refractivity contribution in [1.82, 2.24) is 0 Å². The average Bonchev–Trinajstić information content (AvgIpc) is 2.69. The molecule has 17 heavy (non-hydrogen) atoms. The molecule has 4 nitrogen and oxygen atoms in total. The quantitative estimate of drug-likeness (QED) is 0.924. The molecule has 1 aromatic carbocycles. The summed E-state index contributed by atoms with van der Waals surface area (Å²) in [4.78, 5) is 0. The Morgan fingerprint density at radius 2 is 1.82 bits per heavy atom. The predicted molar refractivity (Wildman–Crippen MR) is 65.5 cm³/mol. The molecule has 90 valence electrons. The van der Waals surface area contributed by atoms with Gasteiger partial charge in [0, 0.05) is 21.2 Å². The summed E-state index contributed by atoms with van der Waals surface area (Å²) in [5.74, 6) is 0. The molecule has 0 atom stereocenters. The van der Waals surface area contributed by atoms with Gasteiger partial charge in [0.1, 0.15) is 0 Å². The summed E-state index contributed by atoms with van der Waals surface area (Å²) in [6.07, 6.45) is 1.23. The summed E-state index contributed by atoms with van der Waals surface area (Å²) in [5, 5.41) is 5.50. The lowest BCUT2D eigenvalue weighted by molar-refractivity contribution is 0.452. The van der Waals surface area contributed by atoms with Crippen molar-refractivity contribution in [2.75, 3.05) is 0 Å². The number of primary sulfonamides is 1. The van der Waals surface area contributed by atoms with Crippen LogP contribution in [0.3, 0.4) is 0 Å². The SMILES string of the molecule is NS(=O)(=O)c1occc1-c1cc(Cl)ccc1Cl. The normalized spacial score (nSPS) is 11.7. The van der Waals surface area contributed by atoms with Crippen LogP contribution in [0, 0.1) is 0 Å². The third-order valence-electron chi connectivity index (χ3n) is 2.11. The topological polar surface area (TPSA) is 73.3 Å². The number of nitrogens with two attached hydrogens (primary N) is 1. The molecule has 2 N–H and O–H groups in total. The van der Waals surface area contributed by atoms with Gasteiger partial charge in [-0.3, -0.25) is 0 Å². The molecule has 2 aromatic rings. The fraction of sp³-hybridized carbons (Fsp3) is 0. The van der Waals surface area contributed by atoms with E-state index in [2.05, 4.69) is 0 Å². The van der Waals surface area contributed by atoms with E-state index in [1.54, 1.807) is 18.2 Å². The monoisotopic (exact) mass is 291 g/mol. The van der Waals surface area contributed by atoms with E-state index in [4.69, 9.17) is 32.8 Å². The van der Waals surface area contributed by atoms with Crippen LogP contribution >= 0.6 is 23.2 Å². The van der Waals surface area contributed by atoms with E-state index in [1.165, 1.54) is 12.3 Å². The molecule has 1 heterocycles. The van der Waals surface area contributed by atoms with Gasteiger partial charge in [0.15, 0.2) is 0 Å². The molecule has 0 unspecified atom stereocenters. The first-order chi connectivity index (χ1) is 7.89. The highest BCUT2D eigenvalue weighted by atomic mass is 35.5. The van der Waals surface area contributed by atoms with Crippen molar-refractivity contribution in [2.45, 2.75) is 5.09 Å². The maximum Gasteiger partial charge on any atom is 0.272 e. The molecule has 0 bridgehead atoms. The lowest BCUT2D eigenvalue weighted by atomic mass is 10.1. The average molecular weight is 292 g/mol. The Balaban J connectivity index is 2.70. The Kier molecular flexibility index (Phi) is 3.18. The minimum atomic E-state index is -3.94. The van der Waals surface area contributed by atoms with Crippen LogP contribution in [-0.4, -0.2) is 8.42 Å². The van der Waals surface area contributed by atoms with Gasteiger partial charge < -0.3 is 4.42 Å². The third-order valence-corrected chi connectivity index (χ3v) is 3.50. The van der Waals surface area contributed by atoms with Gasteiger partial charge in [-0.15, -0.1) is 0 Å². The van der Waals surface area contributed by atoms with Crippen molar-refractivity contribution >= 4 is 33.2 Å². The molecule has 0 amide bonds. The van der Waals surface area contributed by atoms with Gasteiger partial charge in [-0.2, -0.15) is 0 Å². The lowest BCUT2D eigenvalue weighted by Gasteiger charge is -2.04. The maximum absolute atomic E-state index is 11.3. The second-order valence-corrected chi connectivity index (χ2v) is 5.60. The van der Waals surface area contributed by atoms with E-state index in [1.807, 2.05) is 0 Å². The van der Waals surface area contributed by atoms with Gasteiger partial charge in [0.05, 0.1) is 6.26 Å². The first-order valence-electron chi connectivity index (χ1n) is 4.45. The molecule has 0 saturated heterocycles. The largest absolute Gasteiger partial charge is 0.451 e. The van der Waals surface area contributed by atoms with Crippen LogP contribution in [0.15, 0.2) is 40.0 Å². The van der Waals surface area contributed by atoms with Crippen molar-refractivity contribution in [3.63, 3.8) is 0 Å². The van der Waals surface area contributed by atoms with Crippen LogP contribution in [0.25, 0.3) is 11.1 Å². The molecule has 0 spiro atoms. The minimum Gasteiger partial charge on any atom is -0.451 e. The highest BCUT2D eigenvalue weighted by molar-refractivity contribution is 7.89. The minimum absolute atomic E-state index is 0.292. The first kappa shape index (κ1) is 12.4. The van der Waals surface area contributed by atoms with Gasteiger partial charge >= 0.3 is 0 Å². The first-order valence-corrected chi connectivity index (χ1v) is 6.75.